The number of benzene rings is 9. The van der Waals surface area contributed by atoms with E-state index in [0.717, 1.165) is 69.9 Å². The van der Waals surface area contributed by atoms with Crippen LogP contribution in [0.3, 0.4) is 0 Å². The van der Waals surface area contributed by atoms with Gasteiger partial charge in [-0.2, -0.15) is 0 Å². The molecule has 0 fully saturated rings. The fraction of sp³-hybridized carbons (Fsp3) is 0. The lowest BCUT2D eigenvalue weighted by atomic mass is 9.95. The first kappa shape index (κ1) is 29.9. The van der Waals surface area contributed by atoms with Gasteiger partial charge in [0.05, 0.1) is 30.5 Å². The van der Waals surface area contributed by atoms with E-state index < -0.39 is 0 Å². The quantitative estimate of drug-likeness (QED) is 0.168. The highest BCUT2D eigenvalue weighted by Crippen LogP contribution is 2.45. The molecule has 9 aromatic carbocycles. The lowest BCUT2D eigenvalue weighted by molar-refractivity contribution is 0.669. The predicted molar refractivity (Wildman–Crippen MR) is 262 cm³/mol. The van der Waals surface area contributed by atoms with Crippen molar-refractivity contribution in [1.29, 1.82) is 0 Å². The van der Waals surface area contributed by atoms with Gasteiger partial charge in [0, 0.05) is 64.0 Å². The van der Waals surface area contributed by atoms with E-state index in [1.54, 1.807) is 15.9 Å². The van der Waals surface area contributed by atoms with Crippen LogP contribution in [0.15, 0.2) is 211 Å². The highest BCUT2D eigenvalue weighted by atomic mass is 32.1. The molecule has 0 unspecified atom stereocenters. The maximum absolute atomic E-state index is 9.26. The van der Waals surface area contributed by atoms with Gasteiger partial charge < -0.3 is 8.98 Å². The first-order valence-electron chi connectivity index (χ1n) is 23.6. The number of thiophene rings is 1. The average Bonchev–Trinajstić information content (AvgIpc) is 4.08. The van der Waals surface area contributed by atoms with Crippen molar-refractivity contribution >= 4 is 75.3 Å². The smallest absolute Gasteiger partial charge is 0.167 e. The Labute approximate surface area is 374 Å². The monoisotopic (exact) mass is 828 g/mol. The normalized spacial score (nSPS) is 13.1. The van der Waals surface area contributed by atoms with Crippen molar-refractivity contribution in [1.82, 2.24) is 19.5 Å². The summed E-state index contributed by atoms with van der Waals surface area (Å²) in [7, 11) is 0. The topological polar surface area (TPSA) is 56.7 Å². The van der Waals surface area contributed by atoms with Crippen molar-refractivity contribution in [2.75, 3.05) is 0 Å². The number of rotatable bonds is 6. The van der Waals surface area contributed by atoms with E-state index in [1.807, 2.05) is 121 Å². The first-order chi connectivity index (χ1) is 33.7. The zero-order valence-electron chi connectivity index (χ0n) is 39.3. The van der Waals surface area contributed by atoms with Crippen LogP contribution >= 0.6 is 11.3 Å². The molecule has 0 amide bonds. The molecule has 13 rings (SSSR count). The van der Waals surface area contributed by atoms with Gasteiger partial charge in [0.15, 0.2) is 17.5 Å². The molecule has 0 saturated heterocycles. The van der Waals surface area contributed by atoms with E-state index in [0.29, 0.717) is 45.4 Å². The van der Waals surface area contributed by atoms with Gasteiger partial charge in [0.25, 0.3) is 0 Å². The second-order valence-corrected chi connectivity index (χ2v) is 16.5. The molecule has 0 N–H and O–H groups in total. The summed E-state index contributed by atoms with van der Waals surface area (Å²) in [5, 5.41) is 4.47. The maximum Gasteiger partial charge on any atom is 0.167 e. The molecule has 0 bridgehead atoms. The third kappa shape index (κ3) is 5.73. The molecular weight excluding hydrogens is 789 g/mol. The molecule has 4 heterocycles. The minimum absolute atomic E-state index is 0.0102. The van der Waals surface area contributed by atoms with E-state index in [9.17, 15) is 2.74 Å². The molecule has 294 valence electrons. The van der Waals surface area contributed by atoms with Crippen LogP contribution in [-0.2, 0) is 0 Å². The molecule has 0 saturated carbocycles. The summed E-state index contributed by atoms with van der Waals surface area (Å²) in [4.78, 5) is 14.9. The van der Waals surface area contributed by atoms with Crippen molar-refractivity contribution in [3.8, 4) is 62.1 Å². The first-order valence-corrected chi connectivity index (χ1v) is 21.4. The van der Waals surface area contributed by atoms with Gasteiger partial charge in [-0.3, -0.25) is 0 Å². The Hall–Kier alpha value is -8.19. The molecule has 13 aromatic rings. The van der Waals surface area contributed by atoms with Crippen LogP contribution < -0.4 is 0 Å². The van der Waals surface area contributed by atoms with Crippen molar-refractivity contribution < 1.29 is 12.6 Å². The van der Waals surface area contributed by atoms with Gasteiger partial charge in [-0.15, -0.1) is 11.3 Å². The summed E-state index contributed by atoms with van der Waals surface area (Å²) in [6.07, 6.45) is 0. The summed E-state index contributed by atoms with van der Waals surface area (Å²) in [6, 6.07) is 54.7. The predicted octanol–water partition coefficient (Wildman–Crippen LogP) is 15.6. The van der Waals surface area contributed by atoms with E-state index in [4.69, 9.17) is 24.9 Å². The van der Waals surface area contributed by atoms with Gasteiger partial charge in [-0.05, 0) is 59.6 Å². The standard InChI is InChI=1S/C57H34N4OS/c1-3-15-35(16-4-1)55-58-56(36-17-5-2-6-18-36)60-57(59-55)45-25-13-22-42-47-34-38(30-32-51(47)62-53(42)45)37-29-31-50(61-48-26-10-7-19-39(48)40-20-8-11-27-49(40)61)46(33-37)44-24-14-23-43-41-21-9-12-28-52(41)63-54(43)44/h1-34H/i7D,8D,19D,20D,26D,27D. The van der Waals surface area contributed by atoms with Crippen LogP contribution in [0.4, 0.5) is 0 Å². The molecule has 0 radical (unpaired) electrons. The maximum atomic E-state index is 9.26. The largest absolute Gasteiger partial charge is 0.455 e. The Morgan fingerprint density at radius 3 is 1.76 bits per heavy atom. The van der Waals surface area contributed by atoms with Gasteiger partial charge in [0.1, 0.15) is 11.2 Å². The third-order valence-corrected chi connectivity index (χ3v) is 13.0. The van der Waals surface area contributed by atoms with Crippen molar-refractivity contribution in [3.05, 3.63) is 206 Å². The summed E-state index contributed by atoms with van der Waals surface area (Å²) >= 11 is 1.70. The molecule has 0 aliphatic rings. The second kappa shape index (κ2) is 14.2. The highest BCUT2D eigenvalue weighted by Gasteiger charge is 2.21. The van der Waals surface area contributed by atoms with Crippen LogP contribution in [-0.4, -0.2) is 19.5 Å². The van der Waals surface area contributed by atoms with Crippen LogP contribution in [0.2, 0.25) is 0 Å². The SMILES string of the molecule is [2H]c1cc([2H])c2c(c1[2H])c1c([2H])c([2H])cc([2H])c1n2-c1ccc(-c2ccc3oc4c(-c5nc(-c6ccccc6)nc(-c6ccccc6)n5)cccc4c3c2)cc1-c1cccc2c1sc1ccccc12. The van der Waals surface area contributed by atoms with Crippen LogP contribution in [0.1, 0.15) is 8.22 Å². The van der Waals surface area contributed by atoms with Crippen LogP contribution in [0, 0.1) is 0 Å². The van der Waals surface area contributed by atoms with Crippen molar-refractivity contribution in [2.24, 2.45) is 0 Å². The number of para-hydroxylation sites is 3. The Bertz CT molecular complexity index is 4150. The Balaban J connectivity index is 1.04. The minimum atomic E-state index is -0.157. The van der Waals surface area contributed by atoms with Crippen molar-refractivity contribution in [2.45, 2.75) is 0 Å². The van der Waals surface area contributed by atoms with E-state index in [-0.39, 0.29) is 47.0 Å². The molecule has 63 heavy (non-hydrogen) atoms. The van der Waals surface area contributed by atoms with Crippen LogP contribution in [0.5, 0.6) is 0 Å². The lowest BCUT2D eigenvalue weighted by Crippen LogP contribution is -2.00. The Kier molecular flexibility index (Phi) is 6.75. The van der Waals surface area contributed by atoms with Gasteiger partial charge in [-0.1, -0.05) is 158 Å². The average molecular weight is 829 g/mol. The summed E-state index contributed by atoms with van der Waals surface area (Å²) in [6.45, 7) is 0. The zero-order valence-corrected chi connectivity index (χ0v) is 34.1. The molecule has 0 aliphatic carbocycles. The molecule has 0 aliphatic heterocycles. The zero-order chi connectivity index (χ0) is 46.7. The Morgan fingerprint density at radius 1 is 0.429 bits per heavy atom. The summed E-state index contributed by atoms with van der Waals surface area (Å²) < 4.78 is 64.6. The fourth-order valence-corrected chi connectivity index (χ4v) is 10.2. The number of hydrogen-bond donors (Lipinski definition) is 0. The Morgan fingerprint density at radius 2 is 1.03 bits per heavy atom. The molecule has 4 aromatic heterocycles. The summed E-state index contributed by atoms with van der Waals surface area (Å²) in [5.41, 5.74) is 8.66. The van der Waals surface area contributed by atoms with E-state index >= 15 is 0 Å². The molecule has 0 atom stereocenters. The van der Waals surface area contributed by atoms with E-state index in [2.05, 4.69) is 36.4 Å². The third-order valence-electron chi connectivity index (χ3n) is 11.8. The number of aromatic nitrogens is 4. The fourth-order valence-electron chi connectivity index (χ4n) is 8.92. The van der Waals surface area contributed by atoms with Gasteiger partial charge >= 0.3 is 0 Å². The molecule has 6 heteroatoms. The molecule has 5 nitrogen and oxygen atoms in total. The number of fused-ring (bicyclic) bond motifs is 9. The molecule has 0 spiro atoms. The van der Waals surface area contributed by atoms with Crippen molar-refractivity contribution in [3.63, 3.8) is 0 Å². The second-order valence-electron chi connectivity index (χ2n) is 15.4. The highest BCUT2D eigenvalue weighted by molar-refractivity contribution is 7.26. The summed E-state index contributed by atoms with van der Waals surface area (Å²) in [5.74, 6) is 1.61. The molecular formula is C57H34N4OS. The van der Waals surface area contributed by atoms with Gasteiger partial charge in [-0.25, -0.2) is 15.0 Å². The van der Waals surface area contributed by atoms with Crippen LogP contribution in [0.25, 0.3) is 126 Å². The number of nitrogens with zero attached hydrogens (tertiary/aromatic N) is 4. The van der Waals surface area contributed by atoms with Gasteiger partial charge in [0.2, 0.25) is 0 Å². The number of furan rings is 1. The van der Waals surface area contributed by atoms with E-state index in [1.165, 1.54) is 12.1 Å². The lowest BCUT2D eigenvalue weighted by Gasteiger charge is -2.17. The minimum Gasteiger partial charge on any atom is -0.455 e. The number of hydrogen-bond acceptors (Lipinski definition) is 5.